The second-order valence-corrected chi connectivity index (χ2v) is 5.67. The number of hydrogen-bond donors (Lipinski definition) is 1. The summed E-state index contributed by atoms with van der Waals surface area (Å²) < 4.78 is 0. The number of nitrogen functional groups attached to an aromatic ring is 1. The van der Waals surface area contributed by atoms with Crippen LogP contribution in [0.4, 0.5) is 16.2 Å². The molecule has 4 nitrogen and oxygen atoms in total. The second kappa shape index (κ2) is 5.70. The Morgan fingerprint density at radius 3 is 2.95 bits per heavy atom. The standard InChI is InChI=1S/C14H20ClN3O/c1-10-4-3-7-18(9-10)14(19)17(2)13-8-11(15)5-6-12(13)16/h5-6,8,10H,3-4,7,9,16H2,1-2H3. The van der Waals surface area contributed by atoms with Gasteiger partial charge in [0.15, 0.2) is 0 Å². The van der Waals surface area contributed by atoms with Gasteiger partial charge in [-0.05, 0) is 37.0 Å². The molecule has 1 aromatic carbocycles. The highest BCUT2D eigenvalue weighted by Gasteiger charge is 2.25. The van der Waals surface area contributed by atoms with E-state index in [-0.39, 0.29) is 6.03 Å². The Kier molecular flexibility index (Phi) is 4.20. The molecule has 1 atom stereocenters. The lowest BCUT2D eigenvalue weighted by Crippen LogP contribution is -2.46. The highest BCUT2D eigenvalue weighted by Crippen LogP contribution is 2.27. The van der Waals surface area contributed by atoms with Gasteiger partial charge < -0.3 is 10.6 Å². The van der Waals surface area contributed by atoms with Gasteiger partial charge in [-0.2, -0.15) is 0 Å². The van der Waals surface area contributed by atoms with E-state index in [4.69, 9.17) is 17.3 Å². The molecule has 0 aromatic heterocycles. The Bertz CT molecular complexity index is 478. The molecule has 0 spiro atoms. The number of amides is 2. The van der Waals surface area contributed by atoms with Crippen molar-refractivity contribution in [2.24, 2.45) is 5.92 Å². The molecule has 0 bridgehead atoms. The monoisotopic (exact) mass is 281 g/mol. The highest BCUT2D eigenvalue weighted by atomic mass is 35.5. The quantitative estimate of drug-likeness (QED) is 0.804. The molecule has 0 saturated carbocycles. The van der Waals surface area contributed by atoms with Crippen molar-refractivity contribution in [2.45, 2.75) is 19.8 Å². The summed E-state index contributed by atoms with van der Waals surface area (Å²) in [6.45, 7) is 3.80. The minimum absolute atomic E-state index is 0.0134. The number of piperidine rings is 1. The van der Waals surface area contributed by atoms with Gasteiger partial charge in [-0.25, -0.2) is 4.79 Å². The number of carbonyl (C=O) groups excluding carboxylic acids is 1. The van der Waals surface area contributed by atoms with Crippen molar-refractivity contribution in [3.8, 4) is 0 Å². The zero-order valence-electron chi connectivity index (χ0n) is 11.4. The van der Waals surface area contributed by atoms with Crippen LogP contribution in [-0.2, 0) is 0 Å². The molecule has 1 fully saturated rings. The van der Waals surface area contributed by atoms with Gasteiger partial charge in [-0.1, -0.05) is 18.5 Å². The second-order valence-electron chi connectivity index (χ2n) is 5.24. The Morgan fingerprint density at radius 1 is 1.53 bits per heavy atom. The number of likely N-dealkylation sites (tertiary alicyclic amines) is 1. The number of nitrogens with two attached hydrogens (primary N) is 1. The van der Waals surface area contributed by atoms with Crippen LogP contribution in [0.3, 0.4) is 0 Å². The number of rotatable bonds is 1. The Balaban J connectivity index is 2.16. The molecule has 2 amide bonds. The summed E-state index contributed by atoms with van der Waals surface area (Å²) in [5.74, 6) is 0.558. The van der Waals surface area contributed by atoms with E-state index < -0.39 is 0 Å². The van der Waals surface area contributed by atoms with E-state index in [1.54, 1.807) is 30.1 Å². The van der Waals surface area contributed by atoms with Crippen LogP contribution in [-0.4, -0.2) is 31.1 Å². The van der Waals surface area contributed by atoms with Gasteiger partial charge in [0.05, 0.1) is 11.4 Å². The normalized spacial score (nSPS) is 19.3. The van der Waals surface area contributed by atoms with Crippen LogP contribution in [0.15, 0.2) is 18.2 Å². The molecule has 2 rings (SSSR count). The molecule has 1 unspecified atom stereocenters. The first-order valence-electron chi connectivity index (χ1n) is 6.56. The maximum Gasteiger partial charge on any atom is 0.324 e. The van der Waals surface area contributed by atoms with Crippen molar-refractivity contribution in [2.75, 3.05) is 30.8 Å². The van der Waals surface area contributed by atoms with Crippen LogP contribution in [0.1, 0.15) is 19.8 Å². The van der Waals surface area contributed by atoms with Crippen LogP contribution in [0, 0.1) is 5.92 Å². The molecule has 19 heavy (non-hydrogen) atoms. The lowest BCUT2D eigenvalue weighted by atomic mass is 10.0. The molecule has 5 heteroatoms. The minimum atomic E-state index is -0.0134. The van der Waals surface area contributed by atoms with E-state index in [1.807, 2.05) is 4.90 Å². The summed E-state index contributed by atoms with van der Waals surface area (Å²) in [5.41, 5.74) is 7.14. The van der Waals surface area contributed by atoms with Crippen molar-refractivity contribution in [3.05, 3.63) is 23.2 Å². The largest absolute Gasteiger partial charge is 0.397 e. The van der Waals surface area contributed by atoms with Gasteiger partial charge in [-0.3, -0.25) is 4.90 Å². The van der Waals surface area contributed by atoms with Crippen LogP contribution in [0.25, 0.3) is 0 Å². The first kappa shape index (κ1) is 14.0. The van der Waals surface area contributed by atoms with Gasteiger partial charge in [-0.15, -0.1) is 0 Å². The minimum Gasteiger partial charge on any atom is -0.397 e. The molecule has 1 heterocycles. The number of anilines is 2. The predicted octanol–water partition coefficient (Wildman–Crippen LogP) is 3.21. The number of benzene rings is 1. The van der Waals surface area contributed by atoms with E-state index >= 15 is 0 Å². The van der Waals surface area contributed by atoms with Crippen LogP contribution < -0.4 is 10.6 Å². The fourth-order valence-corrected chi connectivity index (χ4v) is 2.65. The van der Waals surface area contributed by atoms with E-state index in [0.29, 0.717) is 22.3 Å². The maximum absolute atomic E-state index is 12.5. The number of urea groups is 1. The third kappa shape index (κ3) is 3.13. The topological polar surface area (TPSA) is 49.6 Å². The van der Waals surface area contributed by atoms with Crippen molar-refractivity contribution in [1.82, 2.24) is 4.90 Å². The Hall–Kier alpha value is -1.42. The average Bonchev–Trinajstić information content (AvgIpc) is 2.40. The van der Waals surface area contributed by atoms with Crippen molar-refractivity contribution in [1.29, 1.82) is 0 Å². The fourth-order valence-electron chi connectivity index (χ4n) is 2.49. The molecular formula is C14H20ClN3O. The molecule has 1 saturated heterocycles. The summed E-state index contributed by atoms with van der Waals surface area (Å²) in [4.78, 5) is 15.9. The number of carbonyl (C=O) groups is 1. The van der Waals surface area contributed by atoms with Gasteiger partial charge in [0, 0.05) is 25.2 Å². The highest BCUT2D eigenvalue weighted by molar-refractivity contribution is 6.31. The van der Waals surface area contributed by atoms with Crippen molar-refractivity contribution in [3.63, 3.8) is 0 Å². The van der Waals surface area contributed by atoms with E-state index in [2.05, 4.69) is 6.92 Å². The zero-order chi connectivity index (χ0) is 14.0. The van der Waals surface area contributed by atoms with Crippen LogP contribution in [0.5, 0.6) is 0 Å². The molecule has 104 valence electrons. The Morgan fingerprint density at radius 2 is 2.26 bits per heavy atom. The molecule has 2 N–H and O–H groups in total. The van der Waals surface area contributed by atoms with Gasteiger partial charge in [0.1, 0.15) is 0 Å². The molecule has 1 aromatic rings. The van der Waals surface area contributed by atoms with E-state index in [9.17, 15) is 4.79 Å². The van der Waals surface area contributed by atoms with E-state index in [0.717, 1.165) is 19.5 Å². The number of hydrogen-bond acceptors (Lipinski definition) is 2. The summed E-state index contributed by atoms with van der Waals surface area (Å²) in [6.07, 6.45) is 2.25. The lowest BCUT2D eigenvalue weighted by molar-refractivity contribution is 0.177. The van der Waals surface area contributed by atoms with Crippen LogP contribution >= 0.6 is 11.6 Å². The average molecular weight is 282 g/mol. The zero-order valence-corrected chi connectivity index (χ0v) is 12.2. The summed E-state index contributed by atoms with van der Waals surface area (Å²) in [5, 5.41) is 0.580. The van der Waals surface area contributed by atoms with Gasteiger partial charge >= 0.3 is 6.03 Å². The molecule has 0 aliphatic carbocycles. The molecule has 1 aliphatic rings. The van der Waals surface area contributed by atoms with Gasteiger partial charge in [0.25, 0.3) is 0 Å². The molecular weight excluding hydrogens is 262 g/mol. The first-order chi connectivity index (χ1) is 8.99. The van der Waals surface area contributed by atoms with E-state index in [1.165, 1.54) is 6.42 Å². The van der Waals surface area contributed by atoms with Crippen molar-refractivity contribution >= 4 is 29.0 Å². The smallest absolute Gasteiger partial charge is 0.324 e. The SMILES string of the molecule is CC1CCCN(C(=O)N(C)c2cc(Cl)ccc2N)C1. The maximum atomic E-state index is 12.5. The summed E-state index contributed by atoms with van der Waals surface area (Å²) >= 11 is 5.97. The Labute approximate surface area is 119 Å². The fraction of sp³-hybridized carbons (Fsp3) is 0.500. The third-order valence-electron chi connectivity index (χ3n) is 3.57. The van der Waals surface area contributed by atoms with Crippen LogP contribution in [0.2, 0.25) is 5.02 Å². The number of nitrogens with zero attached hydrogens (tertiary/aromatic N) is 2. The summed E-state index contributed by atoms with van der Waals surface area (Å²) in [7, 11) is 1.74. The molecule has 1 aliphatic heterocycles. The lowest BCUT2D eigenvalue weighted by Gasteiger charge is -2.34. The predicted molar refractivity (Wildman–Crippen MR) is 79.6 cm³/mol. The summed E-state index contributed by atoms with van der Waals surface area (Å²) in [6, 6.07) is 5.16. The van der Waals surface area contributed by atoms with Crippen molar-refractivity contribution < 1.29 is 4.79 Å². The first-order valence-corrected chi connectivity index (χ1v) is 6.94. The van der Waals surface area contributed by atoms with Gasteiger partial charge in [0.2, 0.25) is 0 Å². The number of halogens is 1. The molecule has 0 radical (unpaired) electrons. The third-order valence-corrected chi connectivity index (χ3v) is 3.80.